The maximum atomic E-state index is 11.2. The number of methoxy groups -OCH3 is 1. The van der Waals surface area contributed by atoms with Crippen LogP contribution in [0.4, 0.5) is 0 Å². The number of carboxylic acids is 1. The zero-order valence-corrected chi connectivity index (χ0v) is 8.75. The Morgan fingerprint density at radius 1 is 1.40 bits per heavy atom. The summed E-state index contributed by atoms with van der Waals surface area (Å²) in [7, 11) is 1.25. The molecule has 0 radical (unpaired) electrons. The van der Waals surface area contributed by atoms with Crippen LogP contribution in [0, 0.1) is 0 Å². The molecule has 0 aliphatic heterocycles. The number of rotatable bonds is 3. The van der Waals surface area contributed by atoms with Gasteiger partial charge in [0.05, 0.1) is 19.1 Å². The van der Waals surface area contributed by atoms with Gasteiger partial charge in [-0.05, 0) is 23.8 Å². The fourth-order valence-electron chi connectivity index (χ4n) is 1.16. The van der Waals surface area contributed by atoms with Crippen molar-refractivity contribution in [2.24, 2.45) is 0 Å². The summed E-state index contributed by atoms with van der Waals surface area (Å²) in [5, 5.41) is 8.90. The van der Waals surface area contributed by atoms with Gasteiger partial charge in [-0.25, -0.2) is 4.79 Å². The molecule has 15 heavy (non-hydrogen) atoms. The van der Waals surface area contributed by atoms with Gasteiger partial charge < -0.3 is 9.84 Å². The number of benzene rings is 1. The Morgan fingerprint density at radius 2 is 2.07 bits per heavy atom. The Labute approximate surface area is 91.4 Å². The quantitative estimate of drug-likeness (QED) is 0.801. The molecule has 80 valence electrons. The van der Waals surface area contributed by atoms with Crippen molar-refractivity contribution in [1.29, 1.82) is 0 Å². The van der Waals surface area contributed by atoms with Crippen LogP contribution in [0.2, 0.25) is 5.02 Å². The zero-order chi connectivity index (χ0) is 11.4. The summed E-state index contributed by atoms with van der Waals surface area (Å²) < 4.78 is 4.51. The summed E-state index contributed by atoms with van der Waals surface area (Å²) in [6.07, 6.45) is -0.176. The highest BCUT2D eigenvalue weighted by Crippen LogP contribution is 2.16. The molecular weight excluding hydrogens is 220 g/mol. The summed E-state index contributed by atoms with van der Waals surface area (Å²) in [6, 6.07) is 4.38. The van der Waals surface area contributed by atoms with Gasteiger partial charge >= 0.3 is 11.9 Å². The van der Waals surface area contributed by atoms with Crippen LogP contribution in [-0.4, -0.2) is 24.2 Å². The normalized spacial score (nSPS) is 9.73. The lowest BCUT2D eigenvalue weighted by Gasteiger charge is -2.03. The van der Waals surface area contributed by atoms with E-state index in [0.717, 1.165) is 0 Å². The molecule has 1 N–H and O–H groups in total. The molecule has 5 heteroatoms. The largest absolute Gasteiger partial charge is 0.481 e. The van der Waals surface area contributed by atoms with Crippen LogP contribution in [0.15, 0.2) is 18.2 Å². The minimum Gasteiger partial charge on any atom is -0.481 e. The third-order valence-electron chi connectivity index (χ3n) is 1.73. The van der Waals surface area contributed by atoms with Gasteiger partial charge in [0.1, 0.15) is 0 Å². The Bertz CT molecular complexity index is 400. The Hall–Kier alpha value is -1.55. The molecule has 0 spiro atoms. The number of halogens is 1. The van der Waals surface area contributed by atoms with E-state index in [2.05, 4.69) is 4.74 Å². The van der Waals surface area contributed by atoms with E-state index in [4.69, 9.17) is 16.7 Å². The van der Waals surface area contributed by atoms with E-state index in [1.807, 2.05) is 0 Å². The van der Waals surface area contributed by atoms with E-state index in [0.29, 0.717) is 10.6 Å². The minimum atomic E-state index is -0.979. The van der Waals surface area contributed by atoms with Crippen molar-refractivity contribution in [2.45, 2.75) is 6.42 Å². The van der Waals surface area contributed by atoms with Crippen molar-refractivity contribution in [2.75, 3.05) is 7.11 Å². The van der Waals surface area contributed by atoms with E-state index >= 15 is 0 Å². The lowest BCUT2D eigenvalue weighted by atomic mass is 10.1. The molecule has 0 heterocycles. The van der Waals surface area contributed by atoms with Gasteiger partial charge in [-0.2, -0.15) is 0 Å². The average Bonchev–Trinajstić information content (AvgIpc) is 2.14. The summed E-state index contributed by atoms with van der Waals surface area (Å²) >= 11 is 5.73. The van der Waals surface area contributed by atoms with Crippen LogP contribution in [0.1, 0.15) is 15.9 Å². The standard InChI is InChI=1S/C10H9ClO4/c1-15-10(14)7-2-6(4-9(12)13)3-8(11)5-7/h2-3,5H,4H2,1H3,(H,12,13). The van der Waals surface area contributed by atoms with E-state index in [-0.39, 0.29) is 12.0 Å². The van der Waals surface area contributed by atoms with E-state index in [1.54, 1.807) is 0 Å². The second-order valence-corrected chi connectivity index (χ2v) is 3.35. The number of carbonyl (C=O) groups excluding carboxylic acids is 1. The fourth-order valence-corrected chi connectivity index (χ4v) is 1.42. The van der Waals surface area contributed by atoms with Crippen molar-refractivity contribution >= 4 is 23.5 Å². The molecule has 1 aromatic rings. The maximum absolute atomic E-state index is 11.2. The molecule has 1 rings (SSSR count). The Morgan fingerprint density at radius 3 is 2.60 bits per heavy atom. The molecule has 0 saturated heterocycles. The van der Waals surface area contributed by atoms with Gasteiger partial charge in [-0.1, -0.05) is 11.6 Å². The van der Waals surface area contributed by atoms with Gasteiger partial charge in [0, 0.05) is 5.02 Å². The van der Waals surface area contributed by atoms with Gasteiger partial charge in [0.25, 0.3) is 0 Å². The highest BCUT2D eigenvalue weighted by atomic mass is 35.5. The van der Waals surface area contributed by atoms with Crippen molar-refractivity contribution in [3.8, 4) is 0 Å². The van der Waals surface area contributed by atoms with Crippen molar-refractivity contribution in [3.05, 3.63) is 34.3 Å². The van der Waals surface area contributed by atoms with Gasteiger partial charge in [-0.3, -0.25) is 4.79 Å². The molecule has 0 fully saturated rings. The molecule has 0 atom stereocenters. The second kappa shape index (κ2) is 4.79. The van der Waals surface area contributed by atoms with E-state index < -0.39 is 11.9 Å². The maximum Gasteiger partial charge on any atom is 0.337 e. The molecule has 0 saturated carbocycles. The van der Waals surface area contributed by atoms with Crippen molar-refractivity contribution in [3.63, 3.8) is 0 Å². The molecule has 1 aromatic carbocycles. The summed E-state index contributed by atoms with van der Waals surface area (Å²) in [6.45, 7) is 0. The number of hydrogen-bond acceptors (Lipinski definition) is 3. The SMILES string of the molecule is COC(=O)c1cc(Cl)cc(CC(=O)O)c1. The molecule has 0 aliphatic carbocycles. The van der Waals surface area contributed by atoms with Crippen molar-refractivity contribution in [1.82, 2.24) is 0 Å². The predicted molar refractivity (Wildman–Crippen MR) is 54.1 cm³/mol. The average molecular weight is 229 g/mol. The van der Waals surface area contributed by atoms with Crippen LogP contribution in [0.25, 0.3) is 0 Å². The third kappa shape index (κ3) is 3.25. The van der Waals surface area contributed by atoms with Crippen LogP contribution in [-0.2, 0) is 16.0 Å². The number of ether oxygens (including phenoxy) is 1. The molecule has 0 amide bonds. The second-order valence-electron chi connectivity index (χ2n) is 2.91. The highest BCUT2D eigenvalue weighted by Gasteiger charge is 2.09. The summed E-state index contributed by atoms with van der Waals surface area (Å²) in [5.41, 5.74) is 0.719. The fraction of sp³-hybridized carbons (Fsp3) is 0.200. The lowest BCUT2D eigenvalue weighted by Crippen LogP contribution is -2.05. The van der Waals surface area contributed by atoms with Gasteiger partial charge in [0.15, 0.2) is 0 Å². The third-order valence-corrected chi connectivity index (χ3v) is 1.95. The zero-order valence-electron chi connectivity index (χ0n) is 7.99. The molecule has 0 bridgehead atoms. The number of aliphatic carboxylic acids is 1. The number of carbonyl (C=O) groups is 2. The minimum absolute atomic E-state index is 0.176. The lowest BCUT2D eigenvalue weighted by molar-refractivity contribution is -0.136. The molecule has 0 aliphatic rings. The topological polar surface area (TPSA) is 63.6 Å². The molecule has 0 unspecified atom stereocenters. The van der Waals surface area contributed by atoms with E-state index in [9.17, 15) is 9.59 Å². The first-order valence-corrected chi connectivity index (χ1v) is 4.50. The Kier molecular flexibility index (Phi) is 3.68. The van der Waals surface area contributed by atoms with Crippen LogP contribution >= 0.6 is 11.6 Å². The first-order chi connectivity index (χ1) is 7.02. The summed E-state index contributed by atoms with van der Waals surface area (Å²) in [4.78, 5) is 21.6. The highest BCUT2D eigenvalue weighted by molar-refractivity contribution is 6.31. The van der Waals surface area contributed by atoms with Gasteiger partial charge in [0.2, 0.25) is 0 Å². The van der Waals surface area contributed by atoms with E-state index in [1.165, 1.54) is 25.3 Å². The van der Waals surface area contributed by atoms with Crippen LogP contribution in [0.5, 0.6) is 0 Å². The molecule has 0 aromatic heterocycles. The first kappa shape index (κ1) is 11.5. The predicted octanol–water partition coefficient (Wildman–Crippen LogP) is 1.75. The summed E-state index contributed by atoms with van der Waals surface area (Å²) in [5.74, 6) is -1.52. The smallest absolute Gasteiger partial charge is 0.337 e. The van der Waals surface area contributed by atoms with Gasteiger partial charge in [-0.15, -0.1) is 0 Å². The molecule has 4 nitrogen and oxygen atoms in total. The number of hydrogen-bond donors (Lipinski definition) is 1. The number of esters is 1. The Balaban J connectivity index is 3.04. The number of carboxylic acid groups (broad SMARTS) is 1. The monoisotopic (exact) mass is 228 g/mol. The van der Waals surface area contributed by atoms with Crippen LogP contribution in [0.3, 0.4) is 0 Å². The molecular formula is C10H9ClO4. The van der Waals surface area contributed by atoms with Crippen molar-refractivity contribution < 1.29 is 19.4 Å². The van der Waals surface area contributed by atoms with Crippen LogP contribution < -0.4 is 0 Å². The first-order valence-electron chi connectivity index (χ1n) is 4.12.